The topological polar surface area (TPSA) is 94.3 Å². The molecule has 0 radical (unpaired) electrons. The fourth-order valence-electron chi connectivity index (χ4n) is 2.56. The van der Waals surface area contributed by atoms with E-state index < -0.39 is 23.6 Å². The first-order valence-electron chi connectivity index (χ1n) is 8.74. The van der Waals surface area contributed by atoms with Gasteiger partial charge in [0.1, 0.15) is 5.75 Å². The maximum Gasteiger partial charge on any atom is 0.416 e. The number of anilines is 1. The Morgan fingerprint density at radius 2 is 1.97 bits per heavy atom. The van der Waals surface area contributed by atoms with Gasteiger partial charge in [0.05, 0.1) is 5.56 Å². The molecule has 2 amide bonds. The molecule has 3 aromatic rings. The van der Waals surface area contributed by atoms with Gasteiger partial charge in [-0.05, 0) is 42.0 Å². The highest BCUT2D eigenvalue weighted by molar-refractivity contribution is 7.15. The van der Waals surface area contributed by atoms with Crippen molar-refractivity contribution < 1.29 is 27.5 Å². The predicted molar refractivity (Wildman–Crippen MR) is 110 cm³/mol. The van der Waals surface area contributed by atoms with Crippen molar-refractivity contribution in [1.29, 1.82) is 0 Å². The Kier molecular flexibility index (Phi) is 6.81. The summed E-state index contributed by atoms with van der Waals surface area (Å²) in [5.41, 5.74) is 4.95. The summed E-state index contributed by atoms with van der Waals surface area (Å²) in [4.78, 5) is 27.9. The molecule has 3 N–H and O–H groups in total. The Hall–Kier alpha value is -3.11. The smallest absolute Gasteiger partial charge is 0.416 e. The maximum absolute atomic E-state index is 12.9. The van der Waals surface area contributed by atoms with Gasteiger partial charge in [0.2, 0.25) is 5.91 Å². The molecule has 11 heteroatoms. The van der Waals surface area contributed by atoms with Gasteiger partial charge in [0.25, 0.3) is 5.91 Å². The molecule has 0 unspecified atom stereocenters. The quantitative estimate of drug-likeness (QED) is 0.532. The van der Waals surface area contributed by atoms with Crippen LogP contribution in [0.25, 0.3) is 0 Å². The minimum atomic E-state index is -4.47. The van der Waals surface area contributed by atoms with Crippen molar-refractivity contribution in [2.45, 2.75) is 12.6 Å². The first-order valence-corrected chi connectivity index (χ1v) is 9.94. The van der Waals surface area contributed by atoms with Crippen LogP contribution in [0.15, 0.2) is 48.7 Å². The number of ether oxygens (including phenoxy) is 1. The van der Waals surface area contributed by atoms with E-state index in [0.717, 1.165) is 23.5 Å². The summed E-state index contributed by atoms with van der Waals surface area (Å²) >= 11 is 7.13. The molecule has 0 aliphatic rings. The van der Waals surface area contributed by atoms with Crippen molar-refractivity contribution in [2.75, 3.05) is 11.9 Å². The molecule has 0 fully saturated rings. The number of carbonyl (C=O) groups is 2. The van der Waals surface area contributed by atoms with Crippen molar-refractivity contribution in [3.05, 3.63) is 75.3 Å². The average molecular weight is 470 g/mol. The van der Waals surface area contributed by atoms with E-state index in [1.54, 1.807) is 12.1 Å². The first-order chi connectivity index (χ1) is 14.6. The fourth-order valence-corrected chi connectivity index (χ4v) is 3.60. The number of carbonyl (C=O) groups excluding carboxylic acids is 2. The second-order valence-electron chi connectivity index (χ2n) is 6.34. The maximum atomic E-state index is 12.9. The van der Waals surface area contributed by atoms with Crippen molar-refractivity contribution in [3.63, 3.8) is 0 Å². The molecule has 0 saturated carbocycles. The molecule has 0 saturated heterocycles. The van der Waals surface area contributed by atoms with E-state index in [2.05, 4.69) is 10.3 Å². The van der Waals surface area contributed by atoms with Gasteiger partial charge in [0, 0.05) is 28.1 Å². The van der Waals surface area contributed by atoms with Crippen molar-refractivity contribution in [2.24, 2.45) is 5.73 Å². The van der Waals surface area contributed by atoms with Crippen LogP contribution in [0.4, 0.5) is 18.3 Å². The van der Waals surface area contributed by atoms with Gasteiger partial charge in [-0.25, -0.2) is 4.98 Å². The molecule has 0 atom stereocenters. The van der Waals surface area contributed by atoms with E-state index in [1.807, 2.05) is 0 Å². The predicted octanol–water partition coefficient (Wildman–Crippen LogP) is 4.52. The van der Waals surface area contributed by atoms with Gasteiger partial charge in [-0.3, -0.25) is 14.9 Å². The largest absolute Gasteiger partial charge is 0.484 e. The molecule has 0 spiro atoms. The molecule has 0 aliphatic heterocycles. The number of hydrogen-bond acceptors (Lipinski definition) is 5. The Bertz CT molecular complexity index is 1120. The molecule has 0 aliphatic carbocycles. The number of thiazole rings is 1. The number of alkyl halides is 3. The molecule has 3 rings (SSSR count). The zero-order valence-electron chi connectivity index (χ0n) is 15.7. The molecular formula is C20H15ClF3N3O3S. The molecule has 31 heavy (non-hydrogen) atoms. The first kappa shape index (κ1) is 22.6. The number of aromatic nitrogens is 1. The van der Waals surface area contributed by atoms with Crippen LogP contribution in [-0.4, -0.2) is 23.4 Å². The minimum absolute atomic E-state index is 0.132. The van der Waals surface area contributed by atoms with E-state index in [9.17, 15) is 22.8 Å². The standard InChI is InChI=1S/C20H15ClF3N3O3S/c21-16-5-4-13(20(22,23)24)6-12(16)8-15-9-26-19(31-15)27-17(28)10-30-14-3-1-2-11(7-14)18(25)29/h1-7,9H,8,10H2,(H2,25,29)(H,26,27,28). The number of hydrogen-bond donors (Lipinski definition) is 2. The summed E-state index contributed by atoms with van der Waals surface area (Å²) in [5, 5.41) is 3.01. The van der Waals surface area contributed by atoms with Gasteiger partial charge in [-0.2, -0.15) is 13.2 Å². The second kappa shape index (κ2) is 9.36. The van der Waals surface area contributed by atoms with Crippen molar-refractivity contribution >= 4 is 39.9 Å². The summed E-state index contributed by atoms with van der Waals surface area (Å²) in [6.07, 6.45) is -2.89. The Labute approximate surface area is 183 Å². The van der Waals surface area contributed by atoms with Gasteiger partial charge in [0.15, 0.2) is 11.7 Å². The lowest BCUT2D eigenvalue weighted by Crippen LogP contribution is -2.20. The third-order valence-electron chi connectivity index (χ3n) is 4.03. The van der Waals surface area contributed by atoms with E-state index in [1.165, 1.54) is 24.4 Å². The lowest BCUT2D eigenvalue weighted by molar-refractivity contribution is -0.137. The fraction of sp³-hybridized carbons (Fsp3) is 0.150. The van der Waals surface area contributed by atoms with Crippen molar-refractivity contribution in [3.8, 4) is 5.75 Å². The third kappa shape index (κ3) is 6.19. The lowest BCUT2D eigenvalue weighted by Gasteiger charge is -2.09. The molecule has 2 aromatic carbocycles. The summed E-state index contributed by atoms with van der Waals surface area (Å²) in [6.45, 7) is -0.337. The number of nitrogens with two attached hydrogens (primary N) is 1. The summed E-state index contributed by atoms with van der Waals surface area (Å²) in [6, 6.07) is 9.18. The summed E-state index contributed by atoms with van der Waals surface area (Å²) in [5.74, 6) is -0.820. The number of primary amides is 1. The Balaban J connectivity index is 1.59. The normalized spacial score (nSPS) is 11.2. The molecule has 1 aromatic heterocycles. The lowest BCUT2D eigenvalue weighted by atomic mass is 10.1. The van der Waals surface area contributed by atoms with Crippen LogP contribution in [-0.2, 0) is 17.4 Å². The highest BCUT2D eigenvalue weighted by Crippen LogP contribution is 2.33. The van der Waals surface area contributed by atoms with Crippen LogP contribution in [0.5, 0.6) is 5.75 Å². The van der Waals surface area contributed by atoms with Crippen LogP contribution in [0.2, 0.25) is 5.02 Å². The van der Waals surface area contributed by atoms with Crippen LogP contribution >= 0.6 is 22.9 Å². The van der Waals surface area contributed by atoms with E-state index >= 15 is 0 Å². The number of halogens is 4. The molecule has 1 heterocycles. The molecule has 6 nitrogen and oxygen atoms in total. The highest BCUT2D eigenvalue weighted by atomic mass is 35.5. The van der Waals surface area contributed by atoms with Crippen LogP contribution in [0.3, 0.4) is 0 Å². The average Bonchev–Trinajstić information content (AvgIpc) is 3.14. The number of rotatable bonds is 7. The van der Waals surface area contributed by atoms with Crippen LogP contribution in [0, 0.1) is 0 Å². The van der Waals surface area contributed by atoms with Gasteiger partial charge >= 0.3 is 6.18 Å². The van der Waals surface area contributed by atoms with Gasteiger partial charge in [-0.15, -0.1) is 11.3 Å². The number of benzene rings is 2. The van der Waals surface area contributed by atoms with E-state index in [0.29, 0.717) is 16.2 Å². The Morgan fingerprint density at radius 3 is 2.68 bits per heavy atom. The van der Waals surface area contributed by atoms with Crippen molar-refractivity contribution in [1.82, 2.24) is 4.98 Å². The molecular weight excluding hydrogens is 455 g/mol. The number of nitrogens with one attached hydrogen (secondary N) is 1. The monoisotopic (exact) mass is 469 g/mol. The zero-order valence-corrected chi connectivity index (χ0v) is 17.3. The van der Waals surface area contributed by atoms with E-state index in [4.69, 9.17) is 22.1 Å². The SMILES string of the molecule is NC(=O)c1cccc(OCC(=O)Nc2ncc(Cc3cc(C(F)(F)F)ccc3Cl)s2)c1. The zero-order chi connectivity index (χ0) is 22.6. The van der Waals surface area contributed by atoms with Gasteiger partial charge < -0.3 is 10.5 Å². The van der Waals surface area contributed by atoms with Gasteiger partial charge in [-0.1, -0.05) is 17.7 Å². The minimum Gasteiger partial charge on any atom is -0.484 e. The highest BCUT2D eigenvalue weighted by Gasteiger charge is 2.30. The Morgan fingerprint density at radius 1 is 1.19 bits per heavy atom. The number of nitrogens with zero attached hydrogens (tertiary/aromatic N) is 1. The molecule has 162 valence electrons. The van der Waals surface area contributed by atoms with E-state index in [-0.39, 0.29) is 28.7 Å². The second-order valence-corrected chi connectivity index (χ2v) is 7.86. The third-order valence-corrected chi connectivity index (χ3v) is 5.31. The van der Waals surface area contributed by atoms with Crippen LogP contribution in [0.1, 0.15) is 26.4 Å². The summed E-state index contributed by atoms with van der Waals surface area (Å²) in [7, 11) is 0. The summed E-state index contributed by atoms with van der Waals surface area (Å²) < 4.78 is 44.1. The molecule has 0 bridgehead atoms. The van der Waals surface area contributed by atoms with Crippen LogP contribution < -0.4 is 15.8 Å². The number of amides is 2.